The monoisotopic (exact) mass is 760 g/mol. The minimum atomic E-state index is 0. The van der Waals surface area contributed by atoms with Gasteiger partial charge in [-0.2, -0.15) is 0 Å². The van der Waals surface area contributed by atoms with Crippen LogP contribution in [0.5, 0.6) is 0 Å². The minimum absolute atomic E-state index is 0. The molecular weight excluding hydrogens is 707 g/mol. The maximum Gasteiger partial charge on any atom is 0.180 e. The van der Waals surface area contributed by atoms with E-state index in [-0.39, 0.29) is 42.1 Å². The summed E-state index contributed by atoms with van der Waals surface area (Å²) < 4.78 is 0. The van der Waals surface area contributed by atoms with Crippen molar-refractivity contribution in [1.29, 1.82) is 0 Å². The maximum absolute atomic E-state index is 6.22. The largest absolute Gasteiger partial charge is 0.317 e. The Balaban J connectivity index is 0.00000500. The molecule has 2 saturated heterocycles. The molecule has 0 spiro atoms. The van der Waals surface area contributed by atoms with Crippen LogP contribution in [0.25, 0.3) is 0 Å². The van der Waals surface area contributed by atoms with Crippen LogP contribution in [0.15, 0.2) is 60.7 Å². The van der Waals surface area contributed by atoms with Gasteiger partial charge in [0, 0.05) is 69.4 Å². The SMILES string of the molecule is CC(C)(C)c1ccc(C(C)(C)C)c(N2CCN(c3cccc(N4CCN(c5cc(C(C)(C)C)ccc5C(C)(C)C)C4=S)c3)C2=S)c1.[Pd]. The third kappa shape index (κ3) is 7.65. The standard InChI is InChI=1S/C40H54N4S2.Pd/c1-37(2,3)27-16-18-31(39(7,8)9)33(24-27)43-22-20-41(35(43)45)29-14-13-15-30(26-29)42-21-23-44(36(42)46)34-25-28(38(4,5)6)17-19-32(34)40(10,11)12;/h13-19,24-26H,20-23H2,1-12H3;. The van der Waals surface area contributed by atoms with Crippen molar-refractivity contribution in [2.24, 2.45) is 0 Å². The van der Waals surface area contributed by atoms with Gasteiger partial charge in [-0.1, -0.05) is 113 Å². The van der Waals surface area contributed by atoms with Crippen LogP contribution < -0.4 is 19.6 Å². The van der Waals surface area contributed by atoms with Gasteiger partial charge in [0.15, 0.2) is 10.2 Å². The summed E-state index contributed by atoms with van der Waals surface area (Å²) in [6.07, 6.45) is 0. The Morgan fingerprint density at radius 1 is 0.447 bits per heavy atom. The maximum atomic E-state index is 6.22. The third-order valence-electron chi connectivity index (χ3n) is 9.40. The van der Waals surface area contributed by atoms with Crippen molar-refractivity contribution < 1.29 is 20.4 Å². The molecule has 0 unspecified atom stereocenters. The summed E-state index contributed by atoms with van der Waals surface area (Å²) in [7, 11) is 0. The van der Waals surface area contributed by atoms with E-state index in [1.807, 2.05) is 0 Å². The summed E-state index contributed by atoms with van der Waals surface area (Å²) in [5, 5.41) is 1.71. The van der Waals surface area contributed by atoms with Gasteiger partial charge < -0.3 is 19.6 Å². The van der Waals surface area contributed by atoms with Gasteiger partial charge in [0.1, 0.15) is 0 Å². The van der Waals surface area contributed by atoms with Gasteiger partial charge >= 0.3 is 0 Å². The molecule has 4 nitrogen and oxygen atoms in total. The predicted molar refractivity (Wildman–Crippen MR) is 209 cm³/mol. The molecule has 2 heterocycles. The first-order valence-electron chi connectivity index (χ1n) is 16.8. The molecular formula is C40H54N4PdS2. The van der Waals surface area contributed by atoms with Gasteiger partial charge in [0.05, 0.1) is 0 Å². The van der Waals surface area contributed by atoms with Crippen LogP contribution >= 0.6 is 24.4 Å². The van der Waals surface area contributed by atoms with Gasteiger partial charge in [-0.05, 0) is 98.7 Å². The third-order valence-corrected chi connectivity index (χ3v) is 10.3. The number of thiocarbonyl (C=S) groups is 2. The van der Waals surface area contributed by atoms with Gasteiger partial charge in [-0.3, -0.25) is 0 Å². The van der Waals surface area contributed by atoms with Crippen molar-refractivity contribution in [2.45, 2.75) is 105 Å². The first-order valence-corrected chi connectivity index (χ1v) is 17.6. The zero-order valence-electron chi connectivity index (χ0n) is 30.5. The second kappa shape index (κ2) is 13.2. The quantitative estimate of drug-likeness (QED) is 0.193. The van der Waals surface area contributed by atoms with Crippen LogP contribution in [0.3, 0.4) is 0 Å². The van der Waals surface area contributed by atoms with E-state index >= 15 is 0 Å². The van der Waals surface area contributed by atoms with Gasteiger partial charge in [0.25, 0.3) is 0 Å². The van der Waals surface area contributed by atoms with E-state index in [4.69, 9.17) is 24.4 Å². The van der Waals surface area contributed by atoms with Gasteiger partial charge in [0.2, 0.25) is 0 Å². The van der Waals surface area contributed by atoms with E-state index in [0.717, 1.165) is 47.8 Å². The minimum Gasteiger partial charge on any atom is -0.317 e. The van der Waals surface area contributed by atoms with Crippen molar-refractivity contribution >= 4 is 57.4 Å². The Morgan fingerprint density at radius 2 is 0.787 bits per heavy atom. The van der Waals surface area contributed by atoms with E-state index in [0.29, 0.717) is 0 Å². The van der Waals surface area contributed by atoms with E-state index in [2.05, 4.69) is 163 Å². The molecule has 2 aliphatic rings. The van der Waals surface area contributed by atoms with Crippen LogP contribution in [-0.4, -0.2) is 36.4 Å². The Labute approximate surface area is 309 Å². The first-order chi connectivity index (χ1) is 21.2. The van der Waals surface area contributed by atoms with Crippen molar-refractivity contribution in [3.63, 3.8) is 0 Å². The summed E-state index contributed by atoms with van der Waals surface area (Å²) in [5.74, 6) is 0. The van der Waals surface area contributed by atoms with Crippen LogP contribution in [0.2, 0.25) is 0 Å². The number of anilines is 4. The fourth-order valence-corrected chi connectivity index (χ4v) is 7.31. The zero-order chi connectivity index (χ0) is 34.0. The molecule has 0 aromatic heterocycles. The van der Waals surface area contributed by atoms with Crippen molar-refractivity contribution in [1.82, 2.24) is 0 Å². The molecule has 0 radical (unpaired) electrons. The van der Waals surface area contributed by atoms with E-state index < -0.39 is 0 Å². The van der Waals surface area contributed by atoms with Crippen molar-refractivity contribution in [3.05, 3.63) is 82.9 Å². The van der Waals surface area contributed by atoms with Crippen molar-refractivity contribution in [3.8, 4) is 0 Å². The smallest absolute Gasteiger partial charge is 0.180 e. The average Bonchev–Trinajstić information content (AvgIpc) is 3.52. The number of nitrogens with zero attached hydrogens (tertiary/aromatic N) is 4. The number of rotatable bonds is 4. The molecule has 2 aliphatic heterocycles. The van der Waals surface area contributed by atoms with Crippen molar-refractivity contribution in [2.75, 3.05) is 45.8 Å². The van der Waals surface area contributed by atoms with Crippen LogP contribution in [-0.2, 0) is 42.1 Å². The van der Waals surface area contributed by atoms with Crippen LogP contribution in [0, 0.1) is 0 Å². The molecule has 47 heavy (non-hydrogen) atoms. The first kappa shape index (κ1) is 37.5. The summed E-state index contributed by atoms with van der Waals surface area (Å²) >= 11 is 12.4. The second-order valence-electron chi connectivity index (χ2n) is 17.2. The molecule has 0 bridgehead atoms. The van der Waals surface area contributed by atoms with Crippen LogP contribution in [0.1, 0.15) is 105 Å². The molecule has 0 atom stereocenters. The molecule has 256 valence electrons. The normalized spacial score (nSPS) is 16.3. The fourth-order valence-electron chi connectivity index (χ4n) is 6.54. The molecule has 7 heteroatoms. The van der Waals surface area contributed by atoms with E-state index in [9.17, 15) is 0 Å². The van der Waals surface area contributed by atoms with E-state index in [1.165, 1.54) is 33.6 Å². The summed E-state index contributed by atoms with van der Waals surface area (Å²) in [6, 6.07) is 22.7. The summed E-state index contributed by atoms with van der Waals surface area (Å²) in [4.78, 5) is 9.26. The Morgan fingerprint density at radius 3 is 1.11 bits per heavy atom. The van der Waals surface area contributed by atoms with Gasteiger partial charge in [-0.25, -0.2) is 0 Å². The number of hydrogen-bond donors (Lipinski definition) is 0. The molecule has 5 rings (SSSR count). The summed E-state index contributed by atoms with van der Waals surface area (Å²) in [6.45, 7) is 30.8. The fraction of sp³-hybridized carbons (Fsp3) is 0.500. The number of hydrogen-bond acceptors (Lipinski definition) is 2. The Kier molecular flexibility index (Phi) is 10.5. The number of benzene rings is 3. The zero-order valence-corrected chi connectivity index (χ0v) is 33.7. The Bertz CT molecular complexity index is 1530. The topological polar surface area (TPSA) is 13.0 Å². The predicted octanol–water partition coefficient (Wildman–Crippen LogP) is 10.1. The average molecular weight is 761 g/mol. The van der Waals surface area contributed by atoms with Gasteiger partial charge in [-0.15, -0.1) is 0 Å². The molecule has 0 amide bonds. The molecule has 0 N–H and O–H groups in total. The van der Waals surface area contributed by atoms with E-state index in [1.54, 1.807) is 0 Å². The molecule has 2 fully saturated rings. The summed E-state index contributed by atoms with van der Waals surface area (Å²) in [5.41, 5.74) is 10.1. The van der Waals surface area contributed by atoms with Crippen LogP contribution in [0.4, 0.5) is 22.7 Å². The molecule has 0 saturated carbocycles. The second-order valence-corrected chi connectivity index (χ2v) is 17.9. The molecule has 3 aromatic carbocycles. The molecule has 3 aromatic rings. The Hall–Kier alpha value is -2.30. The molecule has 0 aliphatic carbocycles.